The summed E-state index contributed by atoms with van der Waals surface area (Å²) >= 11 is 0. The summed E-state index contributed by atoms with van der Waals surface area (Å²) in [5, 5.41) is 2.78. The molecule has 0 radical (unpaired) electrons. The van der Waals surface area contributed by atoms with Crippen molar-refractivity contribution in [2.75, 3.05) is 18.9 Å². The van der Waals surface area contributed by atoms with Gasteiger partial charge in [-0.3, -0.25) is 4.79 Å². The van der Waals surface area contributed by atoms with E-state index in [1.165, 1.54) is 0 Å². The Morgan fingerprint density at radius 2 is 2.00 bits per heavy atom. The molecule has 21 heavy (non-hydrogen) atoms. The molecular weight excluding hydrogens is 266 g/mol. The molecule has 3 N–H and O–H groups in total. The molecule has 0 saturated carbocycles. The molecule has 5 heteroatoms. The molecule has 0 atom stereocenters. The number of carbonyl (C=O) groups is 1. The largest absolute Gasteiger partial charge is 0.397 e. The smallest absolute Gasteiger partial charge is 0.272 e. The van der Waals surface area contributed by atoms with Crippen LogP contribution in [0.1, 0.15) is 22.5 Å². The van der Waals surface area contributed by atoms with Crippen LogP contribution in [0.25, 0.3) is 0 Å². The summed E-state index contributed by atoms with van der Waals surface area (Å²) in [6, 6.07) is 13.3. The van der Waals surface area contributed by atoms with E-state index in [9.17, 15) is 4.79 Å². The second-order valence-electron chi connectivity index (χ2n) is 4.59. The lowest BCUT2D eigenvalue weighted by atomic mass is 10.2. The minimum atomic E-state index is -0.254. The number of nitrogens with zero attached hydrogens (tertiary/aromatic N) is 1. The molecule has 0 fully saturated rings. The van der Waals surface area contributed by atoms with Gasteiger partial charge in [-0.15, -0.1) is 0 Å². The average molecular weight is 285 g/mol. The highest BCUT2D eigenvalue weighted by atomic mass is 16.5. The van der Waals surface area contributed by atoms with Crippen molar-refractivity contribution < 1.29 is 9.53 Å². The van der Waals surface area contributed by atoms with E-state index in [1.807, 2.05) is 30.3 Å². The maximum absolute atomic E-state index is 11.8. The van der Waals surface area contributed by atoms with E-state index in [0.29, 0.717) is 25.4 Å². The van der Waals surface area contributed by atoms with Crippen LogP contribution in [0.15, 0.2) is 48.7 Å². The molecule has 1 aromatic carbocycles. The Labute approximate surface area is 124 Å². The molecule has 5 nitrogen and oxygen atoms in total. The molecule has 1 amide bonds. The van der Waals surface area contributed by atoms with Gasteiger partial charge in [-0.2, -0.15) is 0 Å². The van der Waals surface area contributed by atoms with E-state index in [0.717, 1.165) is 12.0 Å². The van der Waals surface area contributed by atoms with Crippen LogP contribution in [-0.2, 0) is 11.3 Å². The molecule has 0 aliphatic carbocycles. The monoisotopic (exact) mass is 285 g/mol. The Morgan fingerprint density at radius 3 is 2.76 bits per heavy atom. The highest BCUT2D eigenvalue weighted by Gasteiger charge is 2.09. The molecule has 0 aliphatic heterocycles. The minimum Gasteiger partial charge on any atom is -0.397 e. The number of anilines is 1. The zero-order chi connectivity index (χ0) is 14.9. The molecule has 1 aromatic heterocycles. The first-order valence-corrected chi connectivity index (χ1v) is 6.88. The summed E-state index contributed by atoms with van der Waals surface area (Å²) < 4.78 is 5.54. The second kappa shape index (κ2) is 8.01. The molecule has 1 heterocycles. The maximum Gasteiger partial charge on any atom is 0.272 e. The quantitative estimate of drug-likeness (QED) is 0.763. The number of rotatable bonds is 7. The lowest BCUT2D eigenvalue weighted by molar-refractivity contribution is 0.0930. The predicted molar refractivity (Wildman–Crippen MR) is 81.7 cm³/mol. The lowest BCUT2D eigenvalue weighted by Gasteiger charge is -2.07. The van der Waals surface area contributed by atoms with E-state index in [-0.39, 0.29) is 11.6 Å². The van der Waals surface area contributed by atoms with Crippen molar-refractivity contribution in [1.29, 1.82) is 0 Å². The van der Waals surface area contributed by atoms with Gasteiger partial charge in [-0.25, -0.2) is 4.98 Å². The Morgan fingerprint density at radius 1 is 1.19 bits per heavy atom. The van der Waals surface area contributed by atoms with Crippen molar-refractivity contribution >= 4 is 11.6 Å². The number of carbonyl (C=O) groups excluding carboxylic acids is 1. The molecule has 0 saturated heterocycles. The normalized spacial score (nSPS) is 10.3. The molecule has 110 valence electrons. The van der Waals surface area contributed by atoms with Crippen molar-refractivity contribution in [3.05, 3.63) is 59.9 Å². The molecular formula is C16H19N3O2. The summed E-state index contributed by atoms with van der Waals surface area (Å²) in [5.41, 5.74) is 7.48. The third-order valence-corrected chi connectivity index (χ3v) is 2.92. The van der Waals surface area contributed by atoms with Crippen LogP contribution in [0.4, 0.5) is 5.69 Å². The highest BCUT2D eigenvalue weighted by molar-refractivity contribution is 5.96. The topological polar surface area (TPSA) is 77.2 Å². The van der Waals surface area contributed by atoms with Gasteiger partial charge in [-0.1, -0.05) is 30.3 Å². The van der Waals surface area contributed by atoms with Crippen LogP contribution in [0.3, 0.4) is 0 Å². The van der Waals surface area contributed by atoms with Gasteiger partial charge in [0, 0.05) is 19.3 Å². The van der Waals surface area contributed by atoms with E-state index >= 15 is 0 Å². The van der Waals surface area contributed by atoms with E-state index < -0.39 is 0 Å². The van der Waals surface area contributed by atoms with Gasteiger partial charge in [0.1, 0.15) is 0 Å². The first-order chi connectivity index (χ1) is 10.3. The fourth-order valence-electron chi connectivity index (χ4n) is 1.83. The van der Waals surface area contributed by atoms with Crippen molar-refractivity contribution in [3.8, 4) is 0 Å². The number of nitrogens with one attached hydrogen (secondary N) is 1. The van der Waals surface area contributed by atoms with Gasteiger partial charge >= 0.3 is 0 Å². The summed E-state index contributed by atoms with van der Waals surface area (Å²) in [4.78, 5) is 15.8. The number of nitrogens with two attached hydrogens (primary N) is 1. The first kappa shape index (κ1) is 15.0. The van der Waals surface area contributed by atoms with Crippen LogP contribution >= 0.6 is 0 Å². The van der Waals surface area contributed by atoms with Crippen molar-refractivity contribution in [2.24, 2.45) is 0 Å². The zero-order valence-corrected chi connectivity index (χ0v) is 11.8. The molecule has 0 unspecified atom stereocenters. The number of amides is 1. The lowest BCUT2D eigenvalue weighted by Crippen LogP contribution is -2.27. The summed E-state index contributed by atoms with van der Waals surface area (Å²) in [7, 11) is 0. The SMILES string of the molecule is Nc1cccnc1C(=O)NCCCOCc1ccccc1. The van der Waals surface area contributed by atoms with E-state index in [4.69, 9.17) is 10.5 Å². The van der Waals surface area contributed by atoms with Crippen LogP contribution in [-0.4, -0.2) is 24.0 Å². The van der Waals surface area contributed by atoms with Crippen molar-refractivity contribution in [1.82, 2.24) is 10.3 Å². The fraction of sp³-hybridized carbons (Fsp3) is 0.250. The molecule has 2 aromatic rings. The highest BCUT2D eigenvalue weighted by Crippen LogP contribution is 2.06. The number of ether oxygens (including phenoxy) is 1. The van der Waals surface area contributed by atoms with Crippen LogP contribution in [0, 0.1) is 0 Å². The number of hydrogen-bond acceptors (Lipinski definition) is 4. The molecule has 2 rings (SSSR count). The fourth-order valence-corrected chi connectivity index (χ4v) is 1.83. The number of nitrogen functional groups attached to an aromatic ring is 1. The summed E-state index contributed by atoms with van der Waals surface area (Å²) in [5.74, 6) is -0.254. The summed E-state index contributed by atoms with van der Waals surface area (Å²) in [6.45, 7) is 1.71. The zero-order valence-electron chi connectivity index (χ0n) is 11.8. The number of pyridine rings is 1. The predicted octanol–water partition coefficient (Wildman–Crippen LogP) is 2.00. The van der Waals surface area contributed by atoms with Crippen LogP contribution < -0.4 is 11.1 Å². The summed E-state index contributed by atoms with van der Waals surface area (Å²) in [6.07, 6.45) is 2.29. The number of aromatic nitrogens is 1. The van der Waals surface area contributed by atoms with Gasteiger partial charge in [-0.05, 0) is 24.1 Å². The Kier molecular flexibility index (Phi) is 5.72. The Bertz CT molecular complexity index is 573. The first-order valence-electron chi connectivity index (χ1n) is 6.88. The Hall–Kier alpha value is -2.40. The maximum atomic E-state index is 11.8. The van der Waals surface area contributed by atoms with E-state index in [2.05, 4.69) is 10.3 Å². The number of benzene rings is 1. The minimum absolute atomic E-state index is 0.254. The van der Waals surface area contributed by atoms with Gasteiger partial charge in [0.2, 0.25) is 0 Å². The molecule has 0 aliphatic rings. The molecule has 0 spiro atoms. The van der Waals surface area contributed by atoms with Crippen LogP contribution in [0.2, 0.25) is 0 Å². The number of hydrogen-bond donors (Lipinski definition) is 2. The van der Waals surface area contributed by atoms with Gasteiger partial charge in [0.05, 0.1) is 12.3 Å². The van der Waals surface area contributed by atoms with Crippen LogP contribution in [0.5, 0.6) is 0 Å². The van der Waals surface area contributed by atoms with Gasteiger partial charge in [0.25, 0.3) is 5.91 Å². The van der Waals surface area contributed by atoms with Crippen molar-refractivity contribution in [3.63, 3.8) is 0 Å². The standard InChI is InChI=1S/C16H19N3O2/c17-14-8-4-9-18-15(14)16(20)19-10-5-11-21-12-13-6-2-1-3-7-13/h1-4,6-9H,5,10-12,17H2,(H,19,20). The third-order valence-electron chi connectivity index (χ3n) is 2.92. The molecule has 0 bridgehead atoms. The Balaban J connectivity index is 1.62. The van der Waals surface area contributed by atoms with E-state index in [1.54, 1.807) is 18.3 Å². The average Bonchev–Trinajstić information content (AvgIpc) is 2.52. The van der Waals surface area contributed by atoms with Crippen molar-refractivity contribution in [2.45, 2.75) is 13.0 Å². The van der Waals surface area contributed by atoms with Gasteiger partial charge < -0.3 is 15.8 Å². The van der Waals surface area contributed by atoms with Gasteiger partial charge in [0.15, 0.2) is 5.69 Å². The second-order valence-corrected chi connectivity index (χ2v) is 4.59. The third kappa shape index (κ3) is 4.89.